The van der Waals surface area contributed by atoms with E-state index in [2.05, 4.69) is 21.1 Å². The molecule has 1 fully saturated rings. The van der Waals surface area contributed by atoms with E-state index in [4.69, 9.17) is 18.9 Å². The molecule has 1 saturated carbocycles. The molecule has 36 heavy (non-hydrogen) atoms. The van der Waals surface area contributed by atoms with Gasteiger partial charge < -0.3 is 23.8 Å². The molecule has 6 rings (SSSR count). The van der Waals surface area contributed by atoms with Crippen molar-refractivity contribution in [3.63, 3.8) is 0 Å². The zero-order chi connectivity index (χ0) is 24.5. The maximum atomic E-state index is 13.6. The molecule has 1 aromatic carbocycles. The first kappa shape index (κ1) is 22.8. The van der Waals surface area contributed by atoms with Crippen LogP contribution in [0.3, 0.4) is 0 Å². The fourth-order valence-corrected chi connectivity index (χ4v) is 4.64. The van der Waals surface area contributed by atoms with Crippen molar-refractivity contribution in [1.29, 1.82) is 0 Å². The van der Waals surface area contributed by atoms with Crippen LogP contribution < -0.4 is 14.2 Å². The van der Waals surface area contributed by atoms with E-state index in [1.807, 2.05) is 17.0 Å². The smallest absolute Gasteiger partial charge is 0.316 e. The van der Waals surface area contributed by atoms with E-state index in [-0.39, 0.29) is 11.9 Å². The first-order chi connectivity index (χ1) is 17.7. The predicted octanol–water partition coefficient (Wildman–Crippen LogP) is 2.61. The standard InChI is InChI=1S/C26H29N5O5/c1-33-26-27-13-20(14-28-26)18-4-5-23-19(10-18)11-21(16-36-23)30(6-8-34-15-17-2-3-17)25(32)22-12-24-31(29-22)7-9-35-24/h4-5,10,12-14,17,21H,2-3,6-9,11,15-16H2,1H3/t21-/m1/s1. The Balaban J connectivity index is 1.21. The summed E-state index contributed by atoms with van der Waals surface area (Å²) in [7, 11) is 1.54. The van der Waals surface area contributed by atoms with Gasteiger partial charge in [0.15, 0.2) is 5.69 Å². The van der Waals surface area contributed by atoms with E-state index in [0.29, 0.717) is 62.8 Å². The summed E-state index contributed by atoms with van der Waals surface area (Å²) in [5, 5.41) is 4.48. The van der Waals surface area contributed by atoms with E-state index in [9.17, 15) is 4.79 Å². The Morgan fingerprint density at radius 2 is 2.03 bits per heavy atom. The molecule has 0 radical (unpaired) electrons. The van der Waals surface area contributed by atoms with Crippen LogP contribution in [-0.4, -0.2) is 76.7 Å². The van der Waals surface area contributed by atoms with Gasteiger partial charge in [0.1, 0.15) is 19.0 Å². The normalized spacial score (nSPS) is 18.1. The molecule has 0 saturated heterocycles. The van der Waals surface area contributed by atoms with Crippen LogP contribution in [0.2, 0.25) is 0 Å². The van der Waals surface area contributed by atoms with Crippen molar-refractivity contribution in [1.82, 2.24) is 24.6 Å². The Hall–Kier alpha value is -3.66. The zero-order valence-corrected chi connectivity index (χ0v) is 20.3. The van der Waals surface area contributed by atoms with Gasteiger partial charge >= 0.3 is 6.01 Å². The SMILES string of the molecule is COc1ncc(-c2ccc3c(c2)C[C@@H](N(CCOCC2CC2)C(=O)c2cc4n(n2)CCO4)CO3)cn1. The number of hydrogen-bond donors (Lipinski definition) is 0. The largest absolute Gasteiger partial charge is 0.491 e. The summed E-state index contributed by atoms with van der Waals surface area (Å²) < 4.78 is 24.4. The first-order valence-corrected chi connectivity index (χ1v) is 12.4. The molecule has 10 heteroatoms. The molecule has 188 valence electrons. The Labute approximate surface area is 209 Å². The van der Waals surface area contributed by atoms with Gasteiger partial charge in [0.05, 0.1) is 26.3 Å². The highest BCUT2D eigenvalue weighted by molar-refractivity contribution is 5.93. The van der Waals surface area contributed by atoms with E-state index in [0.717, 1.165) is 29.0 Å². The summed E-state index contributed by atoms with van der Waals surface area (Å²) in [4.78, 5) is 23.9. The number of methoxy groups -OCH3 is 1. The summed E-state index contributed by atoms with van der Waals surface area (Å²) in [6.07, 6.45) is 6.61. The topological polar surface area (TPSA) is 101 Å². The van der Waals surface area contributed by atoms with Crippen molar-refractivity contribution in [2.75, 3.05) is 40.1 Å². The summed E-state index contributed by atoms with van der Waals surface area (Å²) >= 11 is 0. The van der Waals surface area contributed by atoms with Gasteiger partial charge in [-0.1, -0.05) is 6.07 Å². The van der Waals surface area contributed by atoms with Crippen LogP contribution in [-0.2, 0) is 17.7 Å². The van der Waals surface area contributed by atoms with Crippen LogP contribution in [0.5, 0.6) is 17.6 Å². The lowest BCUT2D eigenvalue weighted by atomic mass is 9.97. The first-order valence-electron chi connectivity index (χ1n) is 12.4. The zero-order valence-electron chi connectivity index (χ0n) is 20.3. The average molecular weight is 492 g/mol. The molecule has 0 N–H and O–H groups in total. The molecule has 0 bridgehead atoms. The Bertz CT molecular complexity index is 1220. The number of benzene rings is 1. The van der Waals surface area contributed by atoms with Gasteiger partial charge in [0, 0.05) is 37.2 Å². The van der Waals surface area contributed by atoms with E-state index >= 15 is 0 Å². The Morgan fingerprint density at radius 3 is 2.81 bits per heavy atom. The van der Waals surface area contributed by atoms with Gasteiger partial charge in [-0.25, -0.2) is 14.6 Å². The quantitative estimate of drug-likeness (QED) is 0.421. The van der Waals surface area contributed by atoms with Crippen LogP contribution in [0.1, 0.15) is 28.9 Å². The third-order valence-electron chi connectivity index (χ3n) is 6.84. The fraction of sp³-hybridized carbons (Fsp3) is 0.462. The number of ether oxygens (including phenoxy) is 4. The van der Waals surface area contributed by atoms with Crippen LogP contribution >= 0.6 is 0 Å². The third kappa shape index (κ3) is 4.73. The average Bonchev–Trinajstić information content (AvgIpc) is 3.49. The number of carbonyl (C=O) groups excluding carboxylic acids is 1. The minimum absolute atomic E-state index is 0.132. The molecule has 1 aliphatic carbocycles. The molecule has 2 aliphatic heterocycles. The molecule has 3 aliphatic rings. The van der Waals surface area contributed by atoms with Gasteiger partial charge in [-0.2, -0.15) is 5.10 Å². The number of fused-ring (bicyclic) bond motifs is 2. The lowest BCUT2D eigenvalue weighted by Crippen LogP contribution is -2.48. The molecule has 3 aromatic rings. The van der Waals surface area contributed by atoms with Gasteiger partial charge in [0.2, 0.25) is 5.88 Å². The van der Waals surface area contributed by atoms with Crippen molar-refractivity contribution in [3.8, 4) is 28.8 Å². The van der Waals surface area contributed by atoms with Gasteiger partial charge in [0.25, 0.3) is 5.91 Å². The molecule has 1 atom stereocenters. The maximum absolute atomic E-state index is 13.6. The molecule has 10 nitrogen and oxygen atoms in total. The minimum Gasteiger partial charge on any atom is -0.491 e. The summed E-state index contributed by atoms with van der Waals surface area (Å²) in [6.45, 7) is 3.38. The second-order valence-electron chi connectivity index (χ2n) is 9.41. The predicted molar refractivity (Wildman–Crippen MR) is 129 cm³/mol. The fourth-order valence-electron chi connectivity index (χ4n) is 4.64. The molecule has 0 unspecified atom stereocenters. The summed E-state index contributed by atoms with van der Waals surface area (Å²) in [5.41, 5.74) is 3.29. The van der Waals surface area contributed by atoms with Crippen molar-refractivity contribution in [2.45, 2.75) is 31.8 Å². The molecule has 1 amide bonds. The minimum atomic E-state index is -0.144. The van der Waals surface area contributed by atoms with E-state index in [1.54, 1.807) is 30.3 Å². The number of aromatic nitrogens is 4. The van der Waals surface area contributed by atoms with Crippen LogP contribution in [0.15, 0.2) is 36.7 Å². The molecular weight excluding hydrogens is 462 g/mol. The van der Waals surface area contributed by atoms with Crippen molar-refractivity contribution in [3.05, 3.63) is 47.9 Å². The lowest BCUT2D eigenvalue weighted by molar-refractivity contribution is 0.0422. The monoisotopic (exact) mass is 491 g/mol. The second kappa shape index (κ2) is 9.77. The van der Waals surface area contributed by atoms with Crippen LogP contribution in [0, 0.1) is 5.92 Å². The van der Waals surface area contributed by atoms with Crippen molar-refractivity contribution >= 4 is 5.91 Å². The third-order valence-corrected chi connectivity index (χ3v) is 6.84. The van der Waals surface area contributed by atoms with Crippen molar-refractivity contribution in [2.24, 2.45) is 5.92 Å². The summed E-state index contributed by atoms with van der Waals surface area (Å²) in [5.74, 6) is 2.01. The van der Waals surface area contributed by atoms with E-state index < -0.39 is 0 Å². The molecule has 0 spiro atoms. The van der Waals surface area contributed by atoms with Gasteiger partial charge in [-0.05, 0) is 48.4 Å². The molecule has 2 aromatic heterocycles. The van der Waals surface area contributed by atoms with Gasteiger partial charge in [-0.15, -0.1) is 0 Å². The second-order valence-corrected chi connectivity index (χ2v) is 9.41. The number of amides is 1. The number of carbonyl (C=O) groups is 1. The number of rotatable bonds is 9. The van der Waals surface area contributed by atoms with Crippen molar-refractivity contribution < 1.29 is 23.7 Å². The Kier molecular flexibility index (Phi) is 6.18. The lowest BCUT2D eigenvalue weighted by Gasteiger charge is -2.35. The number of hydrogen-bond acceptors (Lipinski definition) is 8. The molecular formula is C26H29N5O5. The summed E-state index contributed by atoms with van der Waals surface area (Å²) in [6, 6.07) is 7.95. The molecule has 4 heterocycles. The van der Waals surface area contributed by atoms with E-state index in [1.165, 1.54) is 12.8 Å². The Morgan fingerprint density at radius 1 is 1.17 bits per heavy atom. The highest BCUT2D eigenvalue weighted by atomic mass is 16.5. The number of nitrogens with zero attached hydrogens (tertiary/aromatic N) is 5. The highest BCUT2D eigenvalue weighted by Crippen LogP contribution is 2.32. The van der Waals surface area contributed by atoms with Crippen LogP contribution in [0.25, 0.3) is 11.1 Å². The van der Waals surface area contributed by atoms with Gasteiger partial charge in [-0.3, -0.25) is 4.79 Å². The maximum Gasteiger partial charge on any atom is 0.316 e. The van der Waals surface area contributed by atoms with Crippen LogP contribution in [0.4, 0.5) is 0 Å². The highest BCUT2D eigenvalue weighted by Gasteiger charge is 2.32.